The molecule has 2 heterocycles. The Labute approximate surface area is 146 Å². The SMILES string of the molecule is Cc1cc(NC2CCN(C(=O)NCc3ccc(F)cc3)CC2)ncn1. The van der Waals surface area contributed by atoms with Gasteiger partial charge in [-0.15, -0.1) is 0 Å². The molecule has 0 saturated carbocycles. The van der Waals surface area contributed by atoms with E-state index in [1.807, 2.05) is 17.9 Å². The maximum absolute atomic E-state index is 12.9. The van der Waals surface area contributed by atoms with Crippen LogP contribution in [0.2, 0.25) is 0 Å². The fraction of sp³-hybridized carbons (Fsp3) is 0.389. The summed E-state index contributed by atoms with van der Waals surface area (Å²) in [7, 11) is 0. The molecule has 2 N–H and O–H groups in total. The highest BCUT2D eigenvalue weighted by Gasteiger charge is 2.22. The number of urea groups is 1. The van der Waals surface area contributed by atoms with Crippen molar-refractivity contribution in [2.45, 2.75) is 32.4 Å². The molecule has 2 aromatic rings. The van der Waals surface area contributed by atoms with E-state index in [1.54, 1.807) is 18.5 Å². The summed E-state index contributed by atoms with van der Waals surface area (Å²) in [6, 6.07) is 8.28. The second-order valence-electron chi connectivity index (χ2n) is 6.24. The molecule has 3 rings (SSSR count). The van der Waals surface area contributed by atoms with Gasteiger partial charge < -0.3 is 15.5 Å². The molecule has 1 aliphatic rings. The van der Waals surface area contributed by atoms with Crippen molar-refractivity contribution in [3.05, 3.63) is 53.7 Å². The highest BCUT2D eigenvalue weighted by atomic mass is 19.1. The molecule has 25 heavy (non-hydrogen) atoms. The lowest BCUT2D eigenvalue weighted by molar-refractivity contribution is 0.183. The molecule has 1 aliphatic heterocycles. The van der Waals surface area contributed by atoms with Crippen molar-refractivity contribution < 1.29 is 9.18 Å². The molecular weight excluding hydrogens is 321 g/mol. The van der Waals surface area contributed by atoms with Gasteiger partial charge in [-0.2, -0.15) is 0 Å². The van der Waals surface area contributed by atoms with Gasteiger partial charge in [0, 0.05) is 37.4 Å². The van der Waals surface area contributed by atoms with Crippen LogP contribution in [0.4, 0.5) is 15.0 Å². The molecule has 1 aromatic heterocycles. The molecule has 7 heteroatoms. The summed E-state index contributed by atoms with van der Waals surface area (Å²) in [4.78, 5) is 22.4. The lowest BCUT2D eigenvalue weighted by atomic mass is 10.1. The maximum atomic E-state index is 12.9. The molecule has 1 saturated heterocycles. The summed E-state index contributed by atoms with van der Waals surface area (Å²) in [5, 5.41) is 6.28. The van der Waals surface area contributed by atoms with Crippen LogP contribution in [-0.4, -0.2) is 40.0 Å². The van der Waals surface area contributed by atoms with E-state index < -0.39 is 0 Å². The number of rotatable bonds is 4. The number of hydrogen-bond acceptors (Lipinski definition) is 4. The molecule has 0 aliphatic carbocycles. The second-order valence-corrected chi connectivity index (χ2v) is 6.24. The topological polar surface area (TPSA) is 70.2 Å². The Hall–Kier alpha value is -2.70. The minimum absolute atomic E-state index is 0.0827. The number of aromatic nitrogens is 2. The number of hydrogen-bond donors (Lipinski definition) is 2. The van der Waals surface area contributed by atoms with Crippen molar-refractivity contribution in [3.63, 3.8) is 0 Å². The van der Waals surface area contributed by atoms with Crippen LogP contribution in [0, 0.1) is 12.7 Å². The van der Waals surface area contributed by atoms with Crippen LogP contribution in [0.1, 0.15) is 24.1 Å². The van der Waals surface area contributed by atoms with Gasteiger partial charge in [0.05, 0.1) is 0 Å². The normalized spacial score (nSPS) is 15.0. The molecule has 0 atom stereocenters. The van der Waals surface area contributed by atoms with Gasteiger partial charge in [-0.05, 0) is 37.5 Å². The van der Waals surface area contributed by atoms with E-state index in [0.29, 0.717) is 25.7 Å². The van der Waals surface area contributed by atoms with Gasteiger partial charge in [-0.25, -0.2) is 19.2 Å². The number of nitrogens with one attached hydrogen (secondary N) is 2. The average Bonchev–Trinajstić information content (AvgIpc) is 2.62. The number of aryl methyl sites for hydroxylation is 1. The van der Waals surface area contributed by atoms with Gasteiger partial charge in [-0.3, -0.25) is 0 Å². The number of likely N-dealkylation sites (tertiary alicyclic amines) is 1. The van der Waals surface area contributed by atoms with E-state index in [2.05, 4.69) is 20.6 Å². The van der Waals surface area contributed by atoms with Crippen molar-refractivity contribution in [1.82, 2.24) is 20.2 Å². The molecule has 0 radical (unpaired) electrons. The minimum atomic E-state index is -0.275. The summed E-state index contributed by atoms with van der Waals surface area (Å²) in [6.45, 7) is 3.71. The Morgan fingerprint density at radius 3 is 2.64 bits per heavy atom. The molecule has 1 fully saturated rings. The highest BCUT2D eigenvalue weighted by Crippen LogP contribution is 2.15. The Balaban J connectivity index is 1.43. The number of halogens is 1. The Morgan fingerprint density at radius 2 is 1.96 bits per heavy atom. The van der Waals surface area contributed by atoms with Gasteiger partial charge in [0.2, 0.25) is 0 Å². The Morgan fingerprint density at radius 1 is 1.24 bits per heavy atom. The smallest absolute Gasteiger partial charge is 0.317 e. The van der Waals surface area contributed by atoms with Crippen molar-refractivity contribution >= 4 is 11.8 Å². The fourth-order valence-electron chi connectivity index (χ4n) is 2.86. The molecule has 2 amide bonds. The second kappa shape index (κ2) is 7.92. The quantitative estimate of drug-likeness (QED) is 0.895. The first kappa shape index (κ1) is 17.1. The zero-order valence-electron chi connectivity index (χ0n) is 14.2. The third kappa shape index (κ3) is 4.89. The molecule has 6 nitrogen and oxygen atoms in total. The zero-order chi connectivity index (χ0) is 17.6. The van der Waals surface area contributed by atoms with E-state index in [4.69, 9.17) is 0 Å². The first-order valence-corrected chi connectivity index (χ1v) is 8.42. The van der Waals surface area contributed by atoms with E-state index in [1.165, 1.54) is 12.1 Å². The van der Waals surface area contributed by atoms with E-state index in [-0.39, 0.29) is 11.8 Å². The largest absolute Gasteiger partial charge is 0.367 e. The van der Waals surface area contributed by atoms with Crippen molar-refractivity contribution in [2.24, 2.45) is 0 Å². The summed E-state index contributed by atoms with van der Waals surface area (Å²) in [5.74, 6) is 0.551. The summed E-state index contributed by atoms with van der Waals surface area (Å²) >= 11 is 0. The van der Waals surface area contributed by atoms with Crippen LogP contribution in [0.3, 0.4) is 0 Å². The third-order valence-electron chi connectivity index (χ3n) is 4.29. The summed E-state index contributed by atoms with van der Waals surface area (Å²) in [6.07, 6.45) is 3.29. The minimum Gasteiger partial charge on any atom is -0.367 e. The van der Waals surface area contributed by atoms with Gasteiger partial charge in [0.25, 0.3) is 0 Å². The summed E-state index contributed by atoms with van der Waals surface area (Å²) in [5.41, 5.74) is 1.81. The Bertz CT molecular complexity index is 714. The molecule has 0 bridgehead atoms. The molecular formula is C18H22FN5O. The fourth-order valence-corrected chi connectivity index (χ4v) is 2.86. The highest BCUT2D eigenvalue weighted by molar-refractivity contribution is 5.74. The third-order valence-corrected chi connectivity index (χ3v) is 4.29. The van der Waals surface area contributed by atoms with Crippen LogP contribution < -0.4 is 10.6 Å². The molecule has 0 spiro atoms. The number of carbonyl (C=O) groups is 1. The van der Waals surface area contributed by atoms with Crippen LogP contribution in [0.15, 0.2) is 36.7 Å². The number of piperidine rings is 1. The van der Waals surface area contributed by atoms with Crippen LogP contribution in [-0.2, 0) is 6.54 Å². The first-order chi connectivity index (χ1) is 12.1. The summed E-state index contributed by atoms with van der Waals surface area (Å²) < 4.78 is 12.9. The van der Waals surface area contributed by atoms with Gasteiger partial charge in [-0.1, -0.05) is 12.1 Å². The number of carbonyl (C=O) groups excluding carboxylic acids is 1. The zero-order valence-corrected chi connectivity index (χ0v) is 14.2. The standard InChI is InChI=1S/C18H22FN5O/c1-13-10-17(22-12-21-13)23-16-6-8-24(9-7-16)18(25)20-11-14-2-4-15(19)5-3-14/h2-5,10,12,16H,6-9,11H2,1H3,(H,20,25)(H,21,22,23). The molecule has 132 valence electrons. The predicted octanol–water partition coefficient (Wildman–Crippen LogP) is 2.71. The van der Waals surface area contributed by atoms with Crippen LogP contribution in [0.5, 0.6) is 0 Å². The molecule has 1 aromatic carbocycles. The first-order valence-electron chi connectivity index (χ1n) is 8.42. The van der Waals surface area contributed by atoms with Gasteiger partial charge in [0.1, 0.15) is 18.0 Å². The number of nitrogens with zero attached hydrogens (tertiary/aromatic N) is 3. The van der Waals surface area contributed by atoms with E-state index >= 15 is 0 Å². The van der Waals surface area contributed by atoms with E-state index in [9.17, 15) is 9.18 Å². The number of benzene rings is 1. The molecule has 0 unspecified atom stereocenters. The lowest BCUT2D eigenvalue weighted by Crippen LogP contribution is -2.46. The van der Waals surface area contributed by atoms with Crippen LogP contribution >= 0.6 is 0 Å². The lowest BCUT2D eigenvalue weighted by Gasteiger charge is -2.32. The maximum Gasteiger partial charge on any atom is 0.317 e. The van der Waals surface area contributed by atoms with Crippen molar-refractivity contribution in [2.75, 3.05) is 18.4 Å². The monoisotopic (exact) mass is 343 g/mol. The number of anilines is 1. The van der Waals surface area contributed by atoms with Gasteiger partial charge >= 0.3 is 6.03 Å². The van der Waals surface area contributed by atoms with E-state index in [0.717, 1.165) is 29.9 Å². The number of amides is 2. The average molecular weight is 343 g/mol. The van der Waals surface area contributed by atoms with Crippen molar-refractivity contribution in [3.8, 4) is 0 Å². The van der Waals surface area contributed by atoms with Gasteiger partial charge in [0.15, 0.2) is 0 Å². The van der Waals surface area contributed by atoms with Crippen LogP contribution in [0.25, 0.3) is 0 Å². The van der Waals surface area contributed by atoms with Crippen molar-refractivity contribution in [1.29, 1.82) is 0 Å². The predicted molar refractivity (Wildman–Crippen MR) is 93.6 cm³/mol. The Kier molecular flexibility index (Phi) is 5.42.